The van der Waals surface area contributed by atoms with Crippen molar-refractivity contribution in [2.24, 2.45) is 0 Å². The Morgan fingerprint density at radius 1 is 1.08 bits per heavy atom. The van der Waals surface area contributed by atoms with Crippen molar-refractivity contribution in [1.29, 1.82) is 0 Å². The summed E-state index contributed by atoms with van der Waals surface area (Å²) in [6.45, 7) is 1.74. The van der Waals surface area contributed by atoms with E-state index in [0.717, 1.165) is 11.1 Å². The number of carbonyl (C=O) groups excluding carboxylic acids is 1. The van der Waals surface area contributed by atoms with Gasteiger partial charge in [-0.25, -0.2) is 0 Å². The number of amides is 1. The van der Waals surface area contributed by atoms with Crippen LogP contribution in [0.1, 0.15) is 22.1 Å². The van der Waals surface area contributed by atoms with Crippen LogP contribution in [0.5, 0.6) is 0 Å². The molecule has 3 rings (SSSR count). The lowest BCUT2D eigenvalue weighted by Crippen LogP contribution is -2.23. The fourth-order valence-electron chi connectivity index (χ4n) is 2.57. The molecule has 0 saturated heterocycles. The van der Waals surface area contributed by atoms with Gasteiger partial charge in [-0.2, -0.15) is 0 Å². The number of nitrogens with one attached hydrogen (secondary N) is 1. The van der Waals surface area contributed by atoms with Gasteiger partial charge in [0.2, 0.25) is 5.91 Å². The number of aryl methyl sites for hydroxylation is 1. The van der Waals surface area contributed by atoms with Gasteiger partial charge in [-0.1, -0.05) is 65.8 Å². The smallest absolute Gasteiger partial charge is 0.238 e. The molecule has 2 aromatic carbocycles. The first-order chi connectivity index (χ1) is 12.1. The molecule has 1 amide bonds. The Morgan fingerprint density at radius 3 is 2.12 bits per heavy atom. The van der Waals surface area contributed by atoms with Gasteiger partial charge in [0, 0.05) is 16.9 Å². The predicted molar refractivity (Wildman–Crippen MR) is 97.6 cm³/mol. The molecule has 5 nitrogen and oxygen atoms in total. The fourth-order valence-corrected chi connectivity index (χ4v) is 3.99. The van der Waals surface area contributed by atoms with Gasteiger partial charge in [0.05, 0.1) is 5.25 Å². The minimum absolute atomic E-state index is 0.125. The molecule has 25 heavy (non-hydrogen) atoms. The number of hydrogen-bond acceptors (Lipinski definition) is 4. The molecule has 0 radical (unpaired) electrons. The van der Waals surface area contributed by atoms with Crippen LogP contribution in [0, 0.1) is 6.92 Å². The van der Waals surface area contributed by atoms with E-state index in [0.29, 0.717) is 11.6 Å². The first kappa shape index (κ1) is 17.1. The zero-order chi connectivity index (χ0) is 17.6. The summed E-state index contributed by atoms with van der Waals surface area (Å²) in [5.74, 6) is 0.447. The maximum Gasteiger partial charge on any atom is 0.238 e. The molecular weight excluding hydrogens is 336 g/mol. The molecule has 0 bridgehead atoms. The Kier molecular flexibility index (Phi) is 5.40. The lowest BCUT2D eigenvalue weighted by atomic mass is 10.0. The Labute approximate surface area is 148 Å². The summed E-state index contributed by atoms with van der Waals surface area (Å²) in [4.78, 5) is 12.2. The second kappa shape index (κ2) is 7.90. The minimum Gasteiger partial charge on any atom is -0.360 e. The summed E-state index contributed by atoms with van der Waals surface area (Å²) in [5.41, 5.74) is 1.83. The van der Waals surface area contributed by atoms with E-state index in [2.05, 4.69) is 10.5 Å². The predicted octanol–water partition coefficient (Wildman–Crippen LogP) is 3.46. The van der Waals surface area contributed by atoms with Gasteiger partial charge in [0.1, 0.15) is 11.5 Å². The molecule has 0 fully saturated rings. The van der Waals surface area contributed by atoms with E-state index in [1.165, 1.54) is 0 Å². The zero-order valence-corrected chi connectivity index (χ0v) is 14.5. The Hall–Kier alpha value is -2.73. The molecular formula is C19H18N2O3S. The van der Waals surface area contributed by atoms with Crippen LogP contribution < -0.4 is 5.32 Å². The number of carbonyl (C=O) groups is 1. The van der Waals surface area contributed by atoms with Crippen LogP contribution >= 0.6 is 0 Å². The second-order valence-corrected chi connectivity index (χ2v) is 7.12. The average molecular weight is 354 g/mol. The third-order valence-electron chi connectivity index (χ3n) is 3.64. The van der Waals surface area contributed by atoms with E-state index in [4.69, 9.17) is 4.52 Å². The van der Waals surface area contributed by atoms with Gasteiger partial charge >= 0.3 is 0 Å². The van der Waals surface area contributed by atoms with Gasteiger partial charge in [0.15, 0.2) is 5.82 Å². The Balaban J connectivity index is 1.79. The number of rotatable bonds is 6. The minimum atomic E-state index is -1.43. The molecule has 3 aromatic rings. The van der Waals surface area contributed by atoms with E-state index in [1.807, 2.05) is 60.7 Å². The average Bonchev–Trinajstić information content (AvgIpc) is 3.01. The monoisotopic (exact) mass is 354 g/mol. The zero-order valence-electron chi connectivity index (χ0n) is 13.7. The largest absolute Gasteiger partial charge is 0.360 e. The van der Waals surface area contributed by atoms with E-state index < -0.39 is 10.8 Å². The van der Waals surface area contributed by atoms with Gasteiger partial charge in [-0.05, 0) is 18.1 Å². The topological polar surface area (TPSA) is 72.2 Å². The summed E-state index contributed by atoms with van der Waals surface area (Å²) in [7, 11) is -1.43. The van der Waals surface area contributed by atoms with Crippen LogP contribution in [0.15, 0.2) is 71.3 Å². The number of benzene rings is 2. The Morgan fingerprint density at radius 2 is 1.64 bits per heavy atom. The summed E-state index contributed by atoms with van der Waals surface area (Å²) in [6, 6.07) is 20.8. The molecule has 6 heteroatoms. The summed E-state index contributed by atoms with van der Waals surface area (Å²) in [6.07, 6.45) is 0. The van der Waals surface area contributed by atoms with Gasteiger partial charge < -0.3 is 9.84 Å². The third-order valence-corrected chi connectivity index (χ3v) is 5.25. The lowest BCUT2D eigenvalue weighted by Gasteiger charge is -2.17. The normalized spacial score (nSPS) is 12.1. The molecule has 1 heterocycles. The number of anilines is 1. The van der Waals surface area contributed by atoms with Crippen molar-refractivity contribution < 1.29 is 13.5 Å². The van der Waals surface area contributed by atoms with Gasteiger partial charge in [-0.3, -0.25) is 9.00 Å². The number of nitrogens with zero attached hydrogens (tertiary/aromatic N) is 1. The van der Waals surface area contributed by atoms with Crippen molar-refractivity contribution in [3.63, 3.8) is 0 Å². The standard InChI is InChI=1S/C19H18N2O3S/c1-14-12-17(21-24-14)20-18(22)13-25(23)19(15-8-4-2-5-9-15)16-10-6-3-7-11-16/h2-12,19H,13H2,1H3,(H,20,21,22). The third kappa shape index (κ3) is 4.42. The highest BCUT2D eigenvalue weighted by Crippen LogP contribution is 2.28. The summed E-state index contributed by atoms with van der Waals surface area (Å²) >= 11 is 0. The maximum absolute atomic E-state index is 13.0. The SMILES string of the molecule is Cc1cc(NC(=O)CS(=O)C(c2ccccc2)c2ccccc2)no1. The van der Waals surface area contributed by atoms with Crippen molar-refractivity contribution in [2.75, 3.05) is 11.1 Å². The molecule has 1 unspecified atom stereocenters. The quantitative estimate of drug-likeness (QED) is 0.736. The van der Waals surface area contributed by atoms with Crippen LogP contribution in [0.4, 0.5) is 5.82 Å². The molecule has 1 N–H and O–H groups in total. The van der Waals surface area contributed by atoms with Crippen LogP contribution in [0.3, 0.4) is 0 Å². The van der Waals surface area contributed by atoms with Crippen LogP contribution in [0.25, 0.3) is 0 Å². The first-order valence-corrected chi connectivity index (χ1v) is 9.22. The highest BCUT2D eigenvalue weighted by molar-refractivity contribution is 7.86. The molecule has 0 aliphatic carbocycles. The molecule has 128 valence electrons. The Bertz CT molecular complexity index is 823. The number of aromatic nitrogens is 1. The van der Waals surface area contributed by atoms with Crippen molar-refractivity contribution in [1.82, 2.24) is 5.16 Å². The van der Waals surface area contributed by atoms with Crippen LogP contribution in [-0.2, 0) is 15.6 Å². The van der Waals surface area contributed by atoms with Crippen LogP contribution in [0.2, 0.25) is 0 Å². The summed E-state index contributed by atoms with van der Waals surface area (Å²) < 4.78 is 17.9. The number of hydrogen-bond donors (Lipinski definition) is 1. The second-order valence-electron chi connectivity index (χ2n) is 5.60. The van der Waals surface area contributed by atoms with Crippen molar-refractivity contribution >= 4 is 22.5 Å². The molecule has 0 aliphatic rings. The van der Waals surface area contributed by atoms with Gasteiger partial charge in [0.25, 0.3) is 0 Å². The van der Waals surface area contributed by atoms with Crippen molar-refractivity contribution in [2.45, 2.75) is 12.2 Å². The molecule has 0 spiro atoms. The van der Waals surface area contributed by atoms with Crippen molar-refractivity contribution in [3.05, 3.63) is 83.6 Å². The maximum atomic E-state index is 13.0. The molecule has 1 aromatic heterocycles. The highest BCUT2D eigenvalue weighted by Gasteiger charge is 2.23. The first-order valence-electron chi connectivity index (χ1n) is 7.84. The van der Waals surface area contributed by atoms with E-state index in [1.54, 1.807) is 13.0 Å². The van der Waals surface area contributed by atoms with E-state index in [-0.39, 0.29) is 16.9 Å². The van der Waals surface area contributed by atoms with E-state index >= 15 is 0 Å². The van der Waals surface area contributed by atoms with E-state index in [9.17, 15) is 9.00 Å². The summed E-state index contributed by atoms with van der Waals surface area (Å²) in [5, 5.41) is 5.96. The van der Waals surface area contributed by atoms with Crippen LogP contribution in [-0.4, -0.2) is 21.0 Å². The van der Waals surface area contributed by atoms with Gasteiger partial charge in [-0.15, -0.1) is 0 Å². The molecule has 0 aliphatic heterocycles. The lowest BCUT2D eigenvalue weighted by molar-refractivity contribution is -0.113. The fraction of sp³-hybridized carbons (Fsp3) is 0.158. The molecule has 0 saturated carbocycles. The highest BCUT2D eigenvalue weighted by atomic mass is 32.2. The molecule has 1 atom stereocenters. The van der Waals surface area contributed by atoms with Crippen molar-refractivity contribution in [3.8, 4) is 0 Å².